The first kappa shape index (κ1) is 10.8. The summed E-state index contributed by atoms with van der Waals surface area (Å²) in [5.41, 5.74) is 2.26. The third kappa shape index (κ3) is 1.73. The molecule has 2 heterocycles. The predicted octanol–water partition coefficient (Wildman–Crippen LogP) is 2.21. The molecule has 1 atom stereocenters. The maximum Gasteiger partial charge on any atom is 0.229 e. The number of benzene rings is 1. The van der Waals surface area contributed by atoms with Gasteiger partial charge in [0.1, 0.15) is 12.1 Å². The van der Waals surface area contributed by atoms with Crippen molar-refractivity contribution in [2.45, 2.75) is 13.0 Å². The highest BCUT2D eigenvalue weighted by atomic mass is 16.5. The van der Waals surface area contributed by atoms with Gasteiger partial charge in [-0.1, -0.05) is 12.1 Å². The Bertz CT molecular complexity index is 585. The molecular formula is C13H14N4O. The molecule has 0 spiro atoms. The van der Waals surface area contributed by atoms with Crippen LogP contribution >= 0.6 is 0 Å². The molecule has 5 heteroatoms. The molecule has 1 aliphatic heterocycles. The average Bonchev–Trinajstić information content (AvgIpc) is 2.86. The highest BCUT2D eigenvalue weighted by Gasteiger charge is 2.20. The van der Waals surface area contributed by atoms with Gasteiger partial charge in [0.25, 0.3) is 0 Å². The van der Waals surface area contributed by atoms with Crippen LogP contribution in [0.4, 0.5) is 5.95 Å². The standard InChI is InChI=1S/C13H14N4O/c1-9-7-12(17-8-14-16-13(17)15-9)10-3-5-11(18-2)6-4-10/h3-8,12H,1-2H3,(H,15,16)/t12-/m0/s1. The van der Waals surface area contributed by atoms with Gasteiger partial charge in [-0.3, -0.25) is 4.57 Å². The minimum absolute atomic E-state index is 0.127. The summed E-state index contributed by atoms with van der Waals surface area (Å²) in [5.74, 6) is 1.63. The van der Waals surface area contributed by atoms with Gasteiger partial charge in [0.2, 0.25) is 5.95 Å². The lowest BCUT2D eigenvalue weighted by atomic mass is 10.0. The highest BCUT2D eigenvalue weighted by molar-refractivity contribution is 5.43. The summed E-state index contributed by atoms with van der Waals surface area (Å²) in [6.07, 6.45) is 3.89. The van der Waals surface area contributed by atoms with E-state index in [2.05, 4.69) is 33.7 Å². The molecule has 0 saturated heterocycles. The number of aromatic nitrogens is 3. The van der Waals surface area contributed by atoms with E-state index < -0.39 is 0 Å². The van der Waals surface area contributed by atoms with E-state index in [0.717, 1.165) is 17.4 Å². The fraction of sp³-hybridized carbons (Fsp3) is 0.231. The van der Waals surface area contributed by atoms with Gasteiger partial charge in [-0.05, 0) is 30.7 Å². The van der Waals surface area contributed by atoms with Crippen molar-refractivity contribution in [3.63, 3.8) is 0 Å². The van der Waals surface area contributed by atoms with Gasteiger partial charge in [0, 0.05) is 5.70 Å². The van der Waals surface area contributed by atoms with Crippen LogP contribution in [0, 0.1) is 0 Å². The Kier molecular flexibility index (Phi) is 2.51. The molecule has 18 heavy (non-hydrogen) atoms. The van der Waals surface area contributed by atoms with E-state index in [4.69, 9.17) is 4.74 Å². The smallest absolute Gasteiger partial charge is 0.229 e. The van der Waals surface area contributed by atoms with Crippen LogP contribution in [0.2, 0.25) is 0 Å². The first-order valence-corrected chi connectivity index (χ1v) is 5.77. The van der Waals surface area contributed by atoms with Gasteiger partial charge in [-0.2, -0.15) is 0 Å². The highest BCUT2D eigenvalue weighted by Crippen LogP contribution is 2.29. The molecule has 1 N–H and O–H groups in total. The number of methoxy groups -OCH3 is 1. The van der Waals surface area contributed by atoms with Gasteiger partial charge in [0.05, 0.1) is 13.2 Å². The maximum atomic E-state index is 5.17. The van der Waals surface area contributed by atoms with E-state index in [1.165, 1.54) is 5.56 Å². The number of anilines is 1. The number of fused-ring (bicyclic) bond motifs is 1. The molecule has 1 aromatic heterocycles. The van der Waals surface area contributed by atoms with Crippen molar-refractivity contribution >= 4 is 5.95 Å². The van der Waals surface area contributed by atoms with Gasteiger partial charge in [-0.15, -0.1) is 10.2 Å². The summed E-state index contributed by atoms with van der Waals surface area (Å²) in [6.45, 7) is 2.02. The monoisotopic (exact) mass is 242 g/mol. The summed E-state index contributed by atoms with van der Waals surface area (Å²) in [6, 6.07) is 8.17. The molecule has 0 saturated carbocycles. The largest absolute Gasteiger partial charge is 0.497 e. The number of rotatable bonds is 2. The van der Waals surface area contributed by atoms with Crippen molar-refractivity contribution in [2.75, 3.05) is 12.4 Å². The van der Waals surface area contributed by atoms with E-state index in [-0.39, 0.29) is 6.04 Å². The average molecular weight is 242 g/mol. The Morgan fingerprint density at radius 1 is 1.28 bits per heavy atom. The summed E-state index contributed by atoms with van der Waals surface area (Å²) in [4.78, 5) is 0. The van der Waals surface area contributed by atoms with Crippen LogP contribution in [0.5, 0.6) is 5.75 Å². The molecule has 1 aliphatic rings. The van der Waals surface area contributed by atoms with Crippen LogP contribution in [-0.4, -0.2) is 21.9 Å². The normalized spacial score (nSPS) is 17.7. The van der Waals surface area contributed by atoms with Crippen molar-refractivity contribution in [1.29, 1.82) is 0 Å². The second kappa shape index (κ2) is 4.18. The molecule has 5 nitrogen and oxygen atoms in total. The molecule has 3 rings (SSSR count). The lowest BCUT2D eigenvalue weighted by Gasteiger charge is -2.23. The second-order valence-electron chi connectivity index (χ2n) is 4.25. The Morgan fingerprint density at radius 3 is 2.78 bits per heavy atom. The van der Waals surface area contributed by atoms with Crippen LogP contribution in [0.1, 0.15) is 18.5 Å². The Balaban J connectivity index is 2.02. The quantitative estimate of drug-likeness (QED) is 0.877. The molecule has 0 bridgehead atoms. The van der Waals surface area contributed by atoms with Crippen molar-refractivity contribution in [1.82, 2.24) is 14.8 Å². The minimum atomic E-state index is 0.127. The zero-order valence-electron chi connectivity index (χ0n) is 10.3. The number of allylic oxidation sites excluding steroid dienone is 2. The third-order valence-corrected chi connectivity index (χ3v) is 3.05. The van der Waals surface area contributed by atoms with E-state index in [0.29, 0.717) is 0 Å². The first-order chi connectivity index (χ1) is 8.78. The predicted molar refractivity (Wildman–Crippen MR) is 68.5 cm³/mol. The number of nitrogens with zero attached hydrogens (tertiary/aromatic N) is 3. The summed E-state index contributed by atoms with van der Waals surface area (Å²) >= 11 is 0. The minimum Gasteiger partial charge on any atom is -0.497 e. The number of hydrogen-bond acceptors (Lipinski definition) is 4. The van der Waals surface area contributed by atoms with Crippen molar-refractivity contribution < 1.29 is 4.74 Å². The molecule has 92 valence electrons. The lowest BCUT2D eigenvalue weighted by Crippen LogP contribution is -2.17. The Labute approximate surface area is 105 Å². The molecule has 1 aromatic carbocycles. The lowest BCUT2D eigenvalue weighted by molar-refractivity contribution is 0.414. The van der Waals surface area contributed by atoms with E-state index in [9.17, 15) is 0 Å². The van der Waals surface area contributed by atoms with E-state index in [1.807, 2.05) is 23.6 Å². The first-order valence-electron chi connectivity index (χ1n) is 5.77. The summed E-state index contributed by atoms with van der Waals surface area (Å²) in [7, 11) is 1.67. The zero-order chi connectivity index (χ0) is 12.5. The van der Waals surface area contributed by atoms with E-state index in [1.54, 1.807) is 13.4 Å². The van der Waals surface area contributed by atoms with Crippen molar-refractivity contribution in [2.24, 2.45) is 0 Å². The fourth-order valence-electron chi connectivity index (χ4n) is 2.13. The maximum absolute atomic E-state index is 5.17. The number of hydrogen-bond donors (Lipinski definition) is 1. The van der Waals surface area contributed by atoms with Gasteiger partial charge in [-0.25, -0.2) is 0 Å². The number of ether oxygens (including phenoxy) is 1. The topological polar surface area (TPSA) is 52.0 Å². The number of nitrogens with one attached hydrogen (secondary N) is 1. The van der Waals surface area contributed by atoms with Gasteiger partial charge in [0.15, 0.2) is 0 Å². The SMILES string of the molecule is COc1ccc([C@@H]2C=C(C)Nc3nncn32)cc1. The van der Waals surface area contributed by atoms with E-state index >= 15 is 0 Å². The zero-order valence-corrected chi connectivity index (χ0v) is 10.3. The molecule has 0 amide bonds. The van der Waals surface area contributed by atoms with Crippen LogP contribution in [-0.2, 0) is 0 Å². The van der Waals surface area contributed by atoms with Crippen LogP contribution in [0.3, 0.4) is 0 Å². The Hall–Kier alpha value is -2.30. The summed E-state index contributed by atoms with van der Waals surface area (Å²) in [5, 5.41) is 11.2. The molecule has 0 radical (unpaired) electrons. The van der Waals surface area contributed by atoms with Gasteiger partial charge >= 0.3 is 0 Å². The molecular weight excluding hydrogens is 228 g/mol. The molecule has 0 unspecified atom stereocenters. The Morgan fingerprint density at radius 2 is 2.06 bits per heavy atom. The van der Waals surface area contributed by atoms with Crippen LogP contribution in [0.25, 0.3) is 0 Å². The fourth-order valence-corrected chi connectivity index (χ4v) is 2.13. The van der Waals surface area contributed by atoms with Crippen molar-refractivity contribution in [3.05, 3.63) is 47.9 Å². The molecule has 0 fully saturated rings. The van der Waals surface area contributed by atoms with Crippen molar-refractivity contribution in [3.8, 4) is 5.75 Å². The second-order valence-corrected chi connectivity index (χ2v) is 4.25. The van der Waals surface area contributed by atoms with Crippen LogP contribution in [0.15, 0.2) is 42.4 Å². The summed E-state index contributed by atoms with van der Waals surface area (Å²) < 4.78 is 7.18. The molecule has 2 aromatic rings. The van der Waals surface area contributed by atoms with Crippen LogP contribution < -0.4 is 10.1 Å². The molecule has 0 aliphatic carbocycles. The third-order valence-electron chi connectivity index (χ3n) is 3.05. The van der Waals surface area contributed by atoms with Gasteiger partial charge < -0.3 is 10.1 Å².